The summed E-state index contributed by atoms with van der Waals surface area (Å²) in [5, 5.41) is 19.1. The van der Waals surface area contributed by atoms with Crippen molar-refractivity contribution in [3.05, 3.63) is 29.6 Å². The Morgan fingerprint density at radius 2 is 2.22 bits per heavy atom. The van der Waals surface area contributed by atoms with Crippen LogP contribution >= 0.6 is 0 Å². The second-order valence-electron chi connectivity index (χ2n) is 3.50. The lowest BCUT2D eigenvalue weighted by molar-refractivity contribution is -0.138. The fraction of sp³-hybridized carbons (Fsp3) is 0.182. The molecule has 94 valence electrons. The van der Waals surface area contributed by atoms with Gasteiger partial charge >= 0.3 is 5.97 Å². The van der Waals surface area contributed by atoms with Crippen molar-refractivity contribution in [2.45, 2.75) is 12.5 Å². The van der Waals surface area contributed by atoms with Crippen molar-refractivity contribution in [2.75, 3.05) is 5.32 Å². The highest BCUT2D eigenvalue weighted by Gasteiger charge is 2.18. The maximum atomic E-state index is 13.4. The van der Waals surface area contributed by atoms with Gasteiger partial charge in [0.05, 0.1) is 29.8 Å². The number of carbonyl (C=O) groups is 2. The van der Waals surface area contributed by atoms with Crippen LogP contribution in [0.3, 0.4) is 0 Å². The molecule has 0 spiro atoms. The quantitative estimate of drug-likeness (QED) is 0.717. The number of rotatable bonds is 4. The van der Waals surface area contributed by atoms with E-state index in [1.807, 2.05) is 0 Å². The normalized spacial score (nSPS) is 11.4. The summed E-state index contributed by atoms with van der Waals surface area (Å²) in [5.41, 5.74) is 5.26. The van der Waals surface area contributed by atoms with Gasteiger partial charge in [-0.2, -0.15) is 5.26 Å². The van der Waals surface area contributed by atoms with Gasteiger partial charge in [0.15, 0.2) is 0 Å². The third-order valence-electron chi connectivity index (χ3n) is 2.09. The second-order valence-corrected chi connectivity index (χ2v) is 3.50. The molecule has 7 heteroatoms. The first-order valence-electron chi connectivity index (χ1n) is 4.92. The number of hydrogen-bond donors (Lipinski definition) is 3. The van der Waals surface area contributed by atoms with E-state index in [2.05, 4.69) is 5.32 Å². The molecule has 1 aromatic rings. The Morgan fingerprint density at radius 1 is 1.56 bits per heavy atom. The predicted molar refractivity (Wildman–Crippen MR) is 60.0 cm³/mol. The number of amides is 1. The van der Waals surface area contributed by atoms with Crippen LogP contribution in [0.25, 0.3) is 0 Å². The van der Waals surface area contributed by atoms with Crippen LogP contribution in [0.4, 0.5) is 10.1 Å². The Balaban J connectivity index is 2.76. The Kier molecular flexibility index (Phi) is 4.34. The number of nitrogens with one attached hydrogen (secondary N) is 1. The summed E-state index contributed by atoms with van der Waals surface area (Å²) in [6.07, 6.45) is -0.552. The number of aliphatic carboxylic acids is 1. The highest BCUT2D eigenvalue weighted by atomic mass is 19.1. The minimum absolute atomic E-state index is 0.111. The van der Waals surface area contributed by atoms with E-state index in [0.29, 0.717) is 0 Å². The highest BCUT2D eigenvalue weighted by molar-refractivity contribution is 5.96. The van der Waals surface area contributed by atoms with Crippen molar-refractivity contribution in [2.24, 2.45) is 5.73 Å². The molecule has 6 nitrogen and oxygen atoms in total. The van der Waals surface area contributed by atoms with Gasteiger partial charge in [0.2, 0.25) is 5.91 Å². The Labute approximate surface area is 102 Å². The first kappa shape index (κ1) is 13.6. The molecule has 0 heterocycles. The smallest absolute Gasteiger partial charge is 0.305 e. The number of halogens is 1. The molecule has 0 aliphatic carbocycles. The molecule has 1 amide bonds. The van der Waals surface area contributed by atoms with E-state index in [9.17, 15) is 14.0 Å². The van der Waals surface area contributed by atoms with Crippen molar-refractivity contribution in [1.82, 2.24) is 0 Å². The van der Waals surface area contributed by atoms with E-state index in [0.717, 1.165) is 6.07 Å². The summed E-state index contributed by atoms with van der Waals surface area (Å²) >= 11 is 0. The molecule has 1 atom stereocenters. The number of carboxylic acids is 1. The molecule has 0 saturated heterocycles. The van der Waals surface area contributed by atoms with Gasteiger partial charge in [-0.25, -0.2) is 4.39 Å². The molecule has 1 rings (SSSR count). The summed E-state index contributed by atoms with van der Waals surface area (Å²) in [6.45, 7) is 0. The minimum Gasteiger partial charge on any atom is -0.481 e. The van der Waals surface area contributed by atoms with Crippen LogP contribution in [0, 0.1) is 17.1 Å². The van der Waals surface area contributed by atoms with Gasteiger partial charge < -0.3 is 16.2 Å². The molecule has 0 aliphatic heterocycles. The van der Waals surface area contributed by atoms with Crippen LogP contribution in [0.2, 0.25) is 0 Å². The largest absolute Gasteiger partial charge is 0.481 e. The molecule has 0 saturated carbocycles. The minimum atomic E-state index is -1.27. The maximum Gasteiger partial charge on any atom is 0.305 e. The molecule has 1 unspecified atom stereocenters. The number of nitrogens with zero attached hydrogens (tertiary/aromatic N) is 1. The van der Waals surface area contributed by atoms with Crippen molar-refractivity contribution in [3.63, 3.8) is 0 Å². The van der Waals surface area contributed by atoms with E-state index in [1.165, 1.54) is 12.1 Å². The summed E-state index contributed by atoms with van der Waals surface area (Å²) in [7, 11) is 0. The van der Waals surface area contributed by atoms with Gasteiger partial charge in [-0.1, -0.05) is 0 Å². The summed E-state index contributed by atoms with van der Waals surface area (Å²) in [5.74, 6) is -2.82. The monoisotopic (exact) mass is 251 g/mol. The number of anilines is 1. The highest BCUT2D eigenvalue weighted by Crippen LogP contribution is 2.15. The molecule has 0 aromatic heterocycles. The molecular formula is C11H10FN3O3. The average molecular weight is 251 g/mol. The third kappa shape index (κ3) is 3.54. The number of benzene rings is 1. The molecule has 0 fully saturated rings. The first-order valence-corrected chi connectivity index (χ1v) is 4.92. The predicted octanol–water partition coefficient (Wildman–Crippen LogP) is 0.438. The van der Waals surface area contributed by atoms with E-state index in [-0.39, 0.29) is 11.3 Å². The van der Waals surface area contributed by atoms with E-state index in [1.54, 1.807) is 6.07 Å². The molecular weight excluding hydrogens is 241 g/mol. The number of nitrogens with two attached hydrogens (primary N) is 1. The molecule has 1 aromatic carbocycles. The summed E-state index contributed by atoms with van der Waals surface area (Å²) in [6, 6.07) is 3.96. The fourth-order valence-corrected chi connectivity index (χ4v) is 1.19. The number of hydrogen-bond acceptors (Lipinski definition) is 4. The van der Waals surface area contributed by atoms with E-state index < -0.39 is 30.2 Å². The molecule has 0 radical (unpaired) electrons. The lowest BCUT2D eigenvalue weighted by Crippen LogP contribution is -2.37. The first-order chi connectivity index (χ1) is 8.43. The van der Waals surface area contributed by atoms with Gasteiger partial charge in [0.25, 0.3) is 0 Å². The van der Waals surface area contributed by atoms with Crippen LogP contribution in [-0.4, -0.2) is 23.0 Å². The lowest BCUT2D eigenvalue weighted by atomic mass is 10.2. The van der Waals surface area contributed by atoms with Crippen LogP contribution in [0.5, 0.6) is 0 Å². The van der Waals surface area contributed by atoms with E-state index >= 15 is 0 Å². The van der Waals surface area contributed by atoms with Crippen LogP contribution in [0.15, 0.2) is 18.2 Å². The van der Waals surface area contributed by atoms with Crippen molar-refractivity contribution >= 4 is 17.6 Å². The van der Waals surface area contributed by atoms with Gasteiger partial charge in [-0.05, 0) is 18.2 Å². The van der Waals surface area contributed by atoms with Crippen LogP contribution in [0.1, 0.15) is 12.0 Å². The second kappa shape index (κ2) is 5.75. The van der Waals surface area contributed by atoms with Crippen molar-refractivity contribution in [1.29, 1.82) is 5.26 Å². The zero-order chi connectivity index (χ0) is 13.7. The topological polar surface area (TPSA) is 116 Å². The number of carbonyl (C=O) groups excluding carboxylic acids is 1. The summed E-state index contributed by atoms with van der Waals surface area (Å²) < 4.78 is 13.4. The lowest BCUT2D eigenvalue weighted by Gasteiger charge is -2.10. The number of carboxylic acid groups (broad SMARTS) is 1. The molecule has 0 bridgehead atoms. The van der Waals surface area contributed by atoms with Crippen LogP contribution in [-0.2, 0) is 9.59 Å². The SMILES string of the molecule is N#Cc1ccc(NC(=O)C(N)CC(=O)O)c(F)c1. The maximum absolute atomic E-state index is 13.4. The van der Waals surface area contributed by atoms with E-state index in [4.69, 9.17) is 16.1 Å². The molecule has 4 N–H and O–H groups in total. The zero-order valence-corrected chi connectivity index (χ0v) is 9.18. The van der Waals surface area contributed by atoms with Gasteiger partial charge in [-0.3, -0.25) is 9.59 Å². The van der Waals surface area contributed by atoms with Crippen molar-refractivity contribution in [3.8, 4) is 6.07 Å². The summed E-state index contributed by atoms with van der Waals surface area (Å²) in [4.78, 5) is 21.8. The average Bonchev–Trinajstić information content (AvgIpc) is 2.30. The zero-order valence-electron chi connectivity index (χ0n) is 9.18. The standard InChI is InChI=1S/C11H10FN3O3/c12-7-3-6(5-13)1-2-9(7)15-11(18)8(14)4-10(16)17/h1-3,8H,4,14H2,(H,15,18)(H,16,17). The Morgan fingerprint density at radius 3 is 2.72 bits per heavy atom. The number of nitriles is 1. The fourth-order valence-electron chi connectivity index (χ4n) is 1.19. The van der Waals surface area contributed by atoms with Crippen molar-refractivity contribution < 1.29 is 19.1 Å². The van der Waals surface area contributed by atoms with Gasteiger partial charge in [-0.15, -0.1) is 0 Å². The molecule has 18 heavy (non-hydrogen) atoms. The third-order valence-corrected chi connectivity index (χ3v) is 2.09. The van der Waals surface area contributed by atoms with Gasteiger partial charge in [0.1, 0.15) is 5.82 Å². The van der Waals surface area contributed by atoms with Gasteiger partial charge in [0, 0.05) is 0 Å². The van der Waals surface area contributed by atoms with Crippen LogP contribution < -0.4 is 11.1 Å². The Hall–Kier alpha value is -2.46. The molecule has 0 aliphatic rings. The Bertz CT molecular complexity index is 525.